The van der Waals surface area contributed by atoms with Crippen LogP contribution < -0.4 is 0 Å². The Labute approximate surface area is 464 Å². The summed E-state index contributed by atoms with van der Waals surface area (Å²) in [5.41, 5.74) is -2.39. The van der Waals surface area contributed by atoms with E-state index in [1.54, 1.807) is 0 Å². The Hall–Kier alpha value is -2.45. The number of aliphatic hydroxyl groups excluding tert-OH is 12. The van der Waals surface area contributed by atoms with E-state index in [4.69, 9.17) is 42.6 Å². The van der Waals surface area contributed by atoms with Crippen LogP contribution in [0.1, 0.15) is 113 Å². The summed E-state index contributed by atoms with van der Waals surface area (Å²) in [6.45, 7) is 13.9. The summed E-state index contributed by atoms with van der Waals surface area (Å²) in [6.07, 6.45) is -31.4. The molecule has 0 aromatic rings. The zero-order chi connectivity index (χ0) is 58.7. The number of carboxylic acids is 1. The molecule has 0 bridgehead atoms. The number of carbonyl (C=O) groups excluding carboxylic acids is 2. The van der Waals surface area contributed by atoms with Gasteiger partial charge in [0.1, 0.15) is 103 Å². The minimum absolute atomic E-state index is 0.0400. The summed E-state index contributed by atoms with van der Waals surface area (Å²) in [6, 6.07) is 0. The zero-order valence-electron chi connectivity index (χ0n) is 46.6. The molecule has 8 fully saturated rings. The second-order valence-electron chi connectivity index (χ2n) is 26.5. The van der Waals surface area contributed by atoms with Crippen molar-refractivity contribution < 1.29 is 123 Å². The lowest BCUT2D eigenvalue weighted by molar-refractivity contribution is -0.396. The van der Waals surface area contributed by atoms with Crippen molar-refractivity contribution in [1.29, 1.82) is 0 Å². The molecule has 9 aliphatic rings. The molecule has 80 heavy (non-hydrogen) atoms. The molecule has 0 amide bonds. The van der Waals surface area contributed by atoms with Gasteiger partial charge in [0.2, 0.25) is 0 Å². The van der Waals surface area contributed by atoms with Gasteiger partial charge in [-0.1, -0.05) is 54.5 Å². The highest BCUT2D eigenvalue weighted by Crippen LogP contribution is 2.75. The number of ketones is 1. The first-order valence-corrected chi connectivity index (χ1v) is 28.2. The third-order valence-corrected chi connectivity index (χ3v) is 21.0. The van der Waals surface area contributed by atoms with E-state index < -0.39 is 188 Å². The van der Waals surface area contributed by atoms with Crippen molar-refractivity contribution in [2.75, 3.05) is 19.8 Å². The molecule has 4 saturated carbocycles. The summed E-state index contributed by atoms with van der Waals surface area (Å²) in [4.78, 5) is 40.9. The third-order valence-electron chi connectivity index (χ3n) is 21.0. The lowest BCUT2D eigenvalue weighted by Gasteiger charge is -2.71. The van der Waals surface area contributed by atoms with Gasteiger partial charge >= 0.3 is 11.9 Å². The Kier molecular flexibility index (Phi) is 17.4. The molecular formula is C55H86O25. The van der Waals surface area contributed by atoms with Crippen molar-refractivity contribution in [3.63, 3.8) is 0 Å². The van der Waals surface area contributed by atoms with Crippen LogP contribution in [0.4, 0.5) is 0 Å². The van der Waals surface area contributed by atoms with E-state index in [-0.39, 0.29) is 28.4 Å². The monoisotopic (exact) mass is 1150 g/mol. The molecule has 13 N–H and O–H groups in total. The van der Waals surface area contributed by atoms with Crippen LogP contribution in [0.25, 0.3) is 0 Å². The van der Waals surface area contributed by atoms with Gasteiger partial charge in [0, 0.05) is 18.8 Å². The normalized spacial score (nSPS) is 51.9. The van der Waals surface area contributed by atoms with Gasteiger partial charge in [-0.2, -0.15) is 0 Å². The highest BCUT2D eigenvalue weighted by Gasteiger charge is 2.72. The Morgan fingerprint density at radius 2 is 1.12 bits per heavy atom. The molecule has 0 aromatic carbocycles. The Morgan fingerprint density at radius 1 is 0.588 bits per heavy atom. The SMILES string of the molecule is CC(=O)OC12CC(C)(C)CCC1C(=O)CC1(C)C2=CCC2C3(C)CCC(OC4OC(C(=O)O)C(OC5OC(CO)C(OC6OC(CO)C(O)C(O)C6O)C(O)C5O)C(O)C4OC4OC(CO)C(O)C(O)C4O)C(C)(C)C3CCC21C. The van der Waals surface area contributed by atoms with Gasteiger partial charge in [0.25, 0.3) is 0 Å². The van der Waals surface area contributed by atoms with Gasteiger partial charge in [-0.3, -0.25) is 9.59 Å². The molecule has 4 heterocycles. The molecule has 0 radical (unpaired) electrons. The Bertz CT molecular complexity index is 2300. The number of aliphatic carboxylic acids is 1. The van der Waals surface area contributed by atoms with Crippen molar-refractivity contribution in [3.05, 3.63) is 11.6 Å². The average Bonchev–Trinajstić information content (AvgIpc) is 3.48. The van der Waals surface area contributed by atoms with Gasteiger partial charge in [-0.05, 0) is 90.4 Å². The summed E-state index contributed by atoms with van der Waals surface area (Å²) in [7, 11) is 0. The fourth-order valence-corrected chi connectivity index (χ4v) is 16.7. The van der Waals surface area contributed by atoms with Crippen LogP contribution in [0.2, 0.25) is 0 Å². The maximum absolute atomic E-state index is 14.6. The van der Waals surface area contributed by atoms with E-state index in [1.807, 2.05) is 13.8 Å². The number of fused-ring (bicyclic) bond motifs is 7. The number of hydrogen-bond acceptors (Lipinski definition) is 24. The molecule has 4 saturated heterocycles. The van der Waals surface area contributed by atoms with Crippen LogP contribution in [-0.2, 0) is 57.0 Å². The van der Waals surface area contributed by atoms with Crippen LogP contribution >= 0.6 is 0 Å². The van der Waals surface area contributed by atoms with Gasteiger partial charge in [0.15, 0.2) is 31.3 Å². The summed E-state index contributed by atoms with van der Waals surface area (Å²) in [5, 5.41) is 140. The number of rotatable bonds is 13. The molecule has 25 heteroatoms. The second kappa shape index (κ2) is 22.4. The quantitative estimate of drug-likeness (QED) is 0.0541. The number of allylic oxidation sites excluding steroid dienone is 1. The van der Waals surface area contributed by atoms with Crippen LogP contribution in [0.15, 0.2) is 11.6 Å². The number of carbonyl (C=O) groups is 3. The predicted octanol–water partition coefficient (Wildman–Crippen LogP) is -1.97. The van der Waals surface area contributed by atoms with E-state index >= 15 is 0 Å². The van der Waals surface area contributed by atoms with Gasteiger partial charge < -0.3 is 109 Å². The average molecular weight is 1150 g/mol. The van der Waals surface area contributed by atoms with Crippen molar-refractivity contribution in [1.82, 2.24) is 0 Å². The highest BCUT2D eigenvalue weighted by molar-refractivity contribution is 5.87. The minimum atomic E-state index is -2.19. The molecule has 25 nitrogen and oxygen atoms in total. The van der Waals surface area contributed by atoms with Gasteiger partial charge in [-0.25, -0.2) is 4.79 Å². The fourth-order valence-electron chi connectivity index (χ4n) is 16.7. The molecule has 28 unspecified atom stereocenters. The predicted molar refractivity (Wildman–Crippen MR) is 269 cm³/mol. The molecule has 5 aliphatic carbocycles. The number of esters is 1. The molecule has 28 atom stereocenters. The Morgan fingerprint density at radius 3 is 1.68 bits per heavy atom. The molecule has 9 rings (SSSR count). The van der Waals surface area contributed by atoms with Crippen molar-refractivity contribution in [3.8, 4) is 0 Å². The summed E-state index contributed by atoms with van der Waals surface area (Å²) in [5.74, 6) is -2.49. The van der Waals surface area contributed by atoms with Crippen LogP contribution in [0.3, 0.4) is 0 Å². The second-order valence-corrected chi connectivity index (χ2v) is 26.5. The number of aliphatic hydroxyl groups is 12. The topological polar surface area (TPSA) is 397 Å². The molecule has 4 aliphatic heterocycles. The van der Waals surface area contributed by atoms with E-state index in [0.717, 1.165) is 12.0 Å². The van der Waals surface area contributed by atoms with Gasteiger partial charge in [0.05, 0.1) is 31.8 Å². The third kappa shape index (κ3) is 10.1. The smallest absolute Gasteiger partial charge is 0.335 e. The summed E-state index contributed by atoms with van der Waals surface area (Å²) < 4.78 is 54.1. The minimum Gasteiger partial charge on any atom is -0.479 e. The van der Waals surface area contributed by atoms with Crippen molar-refractivity contribution in [2.24, 2.45) is 44.8 Å². The van der Waals surface area contributed by atoms with E-state index in [1.165, 1.54) is 6.92 Å². The zero-order valence-corrected chi connectivity index (χ0v) is 46.6. The van der Waals surface area contributed by atoms with Crippen LogP contribution in [0.5, 0.6) is 0 Å². The largest absolute Gasteiger partial charge is 0.479 e. The van der Waals surface area contributed by atoms with Crippen LogP contribution in [0, 0.1) is 44.8 Å². The Balaban J connectivity index is 0.989. The fraction of sp³-hybridized carbons (Fsp3) is 0.909. The maximum atomic E-state index is 14.6. The summed E-state index contributed by atoms with van der Waals surface area (Å²) >= 11 is 0. The first kappa shape index (κ1) is 62.1. The van der Waals surface area contributed by atoms with E-state index in [2.05, 4.69) is 40.7 Å². The molecule has 0 aromatic heterocycles. The number of carboxylic acid groups (broad SMARTS) is 1. The maximum Gasteiger partial charge on any atom is 0.335 e. The first-order valence-electron chi connectivity index (χ1n) is 28.2. The van der Waals surface area contributed by atoms with Crippen molar-refractivity contribution >= 4 is 17.7 Å². The highest BCUT2D eigenvalue weighted by atomic mass is 16.8. The number of hydrogen-bond donors (Lipinski definition) is 13. The van der Waals surface area contributed by atoms with Crippen molar-refractivity contribution in [2.45, 2.75) is 248 Å². The van der Waals surface area contributed by atoms with Crippen LogP contribution in [-0.4, -0.2) is 238 Å². The standard InChI is InChI=1S/C55H86O25/c1-22(59)80-55-21-50(2,3)14-11-23(55)24(60)17-54(8)30(55)10-9-29-52(6)15-13-31(51(4,5)28(52)12-16-53(29,54)7)75-49-43(78-47-38(67)35(64)33(62)26(19-57)73-47)40(69)42(44(79-49)45(70)71)77-48-39(68)36(65)41(27(20-58)74-48)76-46-37(66)34(63)32(61)25(18-56)72-46/h10,23,25-29,31-44,46-49,56-58,61-69H,9,11-21H2,1-8H3,(H,70,71). The lowest BCUT2D eigenvalue weighted by atomic mass is 9.34. The number of Topliss-reactive ketones (excluding diaryl/α,β-unsaturated/α-hetero) is 1. The molecule has 0 spiro atoms. The first-order chi connectivity index (χ1) is 37.4. The number of ether oxygens (including phenoxy) is 9. The lowest BCUT2D eigenvalue weighted by Crippen LogP contribution is -2.69. The molecule has 456 valence electrons. The van der Waals surface area contributed by atoms with Gasteiger partial charge in [-0.15, -0.1) is 0 Å². The molecular weight excluding hydrogens is 1060 g/mol. The van der Waals surface area contributed by atoms with E-state index in [0.29, 0.717) is 51.4 Å². The van der Waals surface area contributed by atoms with E-state index in [9.17, 15) is 80.8 Å².